The van der Waals surface area contributed by atoms with Crippen LogP contribution in [0.3, 0.4) is 0 Å². The molecule has 84 heavy (non-hydrogen) atoms. The summed E-state index contributed by atoms with van der Waals surface area (Å²) in [6.45, 7) is 33.4. The molecule has 0 fully saturated rings. The van der Waals surface area contributed by atoms with Crippen molar-refractivity contribution in [3.8, 4) is 56.3 Å². The molecular weight excluding hydrogens is 1020 g/mol. The van der Waals surface area contributed by atoms with E-state index in [0.717, 1.165) is 92.4 Å². The van der Waals surface area contributed by atoms with Crippen LogP contribution in [0, 0.1) is 0 Å². The number of benzene rings is 10. The van der Waals surface area contributed by atoms with Crippen LogP contribution in [0.15, 0.2) is 182 Å². The predicted octanol–water partition coefficient (Wildman–Crippen LogP) is 22.7. The summed E-state index contributed by atoms with van der Waals surface area (Å²) in [6.07, 6.45) is 4.03. The second kappa shape index (κ2) is 21.5. The zero-order valence-electron chi connectivity index (χ0n) is 52.3. The van der Waals surface area contributed by atoms with E-state index in [4.69, 9.17) is 9.47 Å². The van der Waals surface area contributed by atoms with Gasteiger partial charge < -0.3 is 18.6 Å². The molecule has 2 heterocycles. The van der Waals surface area contributed by atoms with Crippen molar-refractivity contribution in [1.82, 2.24) is 9.13 Å². The van der Waals surface area contributed by atoms with Crippen molar-refractivity contribution in [2.75, 3.05) is 13.2 Å². The number of ether oxygens (including phenoxy) is 2. The van der Waals surface area contributed by atoms with Gasteiger partial charge in [-0.2, -0.15) is 0 Å². The SMILES string of the molecule is CCCCOc1ccc2cc(-c3cccc(-n4c5ccc(C(C)(C)C)cc5c5cc(C(C)(C)C)ccc54)c3)ccc2c1-c1c(OCCCC)ccc2cc(-c3cccc(-n4c5ccc(C(C)(C)C)cc5c5ccc(C(C)(C)C)cc54)c3)ccc12. The topological polar surface area (TPSA) is 28.3 Å². The van der Waals surface area contributed by atoms with Crippen LogP contribution in [-0.2, 0) is 21.7 Å². The third kappa shape index (κ3) is 10.5. The molecule has 0 N–H and O–H groups in total. The maximum atomic E-state index is 6.85. The Balaban J connectivity index is 0.982. The van der Waals surface area contributed by atoms with Gasteiger partial charge in [-0.25, -0.2) is 0 Å². The Morgan fingerprint density at radius 1 is 0.310 bits per heavy atom. The number of rotatable bonds is 13. The summed E-state index contributed by atoms with van der Waals surface area (Å²) in [4.78, 5) is 0. The Hall–Kier alpha value is -8.08. The summed E-state index contributed by atoms with van der Waals surface area (Å²) in [6, 6.07) is 69.4. The van der Waals surface area contributed by atoms with E-state index >= 15 is 0 Å². The number of hydrogen-bond acceptors (Lipinski definition) is 2. The lowest BCUT2D eigenvalue weighted by Crippen LogP contribution is -2.10. The molecule has 0 aliphatic heterocycles. The maximum absolute atomic E-state index is 6.85. The first kappa shape index (κ1) is 56.4. The van der Waals surface area contributed by atoms with Gasteiger partial charge in [-0.1, -0.05) is 201 Å². The van der Waals surface area contributed by atoms with Crippen molar-refractivity contribution < 1.29 is 9.47 Å². The van der Waals surface area contributed by atoms with Gasteiger partial charge in [0, 0.05) is 44.0 Å². The van der Waals surface area contributed by atoms with Gasteiger partial charge >= 0.3 is 0 Å². The van der Waals surface area contributed by atoms with E-state index in [0.29, 0.717) is 13.2 Å². The fourth-order valence-corrected chi connectivity index (χ4v) is 12.5. The van der Waals surface area contributed by atoms with Crippen LogP contribution in [-0.4, -0.2) is 22.3 Å². The smallest absolute Gasteiger partial charge is 0.127 e. The van der Waals surface area contributed by atoms with Crippen LogP contribution in [0.2, 0.25) is 0 Å². The Labute approximate surface area is 499 Å². The fourth-order valence-electron chi connectivity index (χ4n) is 12.5. The van der Waals surface area contributed by atoms with Gasteiger partial charge in [0.05, 0.1) is 35.3 Å². The summed E-state index contributed by atoms with van der Waals surface area (Å²) in [5, 5.41) is 9.72. The fraction of sp³-hybridized carbons (Fsp3) is 0.300. The first-order chi connectivity index (χ1) is 40.1. The van der Waals surface area contributed by atoms with Crippen molar-refractivity contribution in [1.29, 1.82) is 0 Å². The number of hydrogen-bond donors (Lipinski definition) is 0. The average Bonchev–Trinajstić information content (AvgIpc) is 3.09. The summed E-state index contributed by atoms with van der Waals surface area (Å²) in [7, 11) is 0. The van der Waals surface area contributed by atoms with Crippen LogP contribution < -0.4 is 9.47 Å². The molecule has 0 spiro atoms. The molecule has 12 aromatic rings. The molecule has 0 unspecified atom stereocenters. The van der Waals surface area contributed by atoms with E-state index in [9.17, 15) is 0 Å². The predicted molar refractivity (Wildman–Crippen MR) is 362 cm³/mol. The molecule has 2 aromatic heterocycles. The van der Waals surface area contributed by atoms with Gasteiger partial charge in [-0.3, -0.25) is 0 Å². The summed E-state index contributed by atoms with van der Waals surface area (Å²) in [5.41, 5.74) is 19.4. The normalized spacial score (nSPS) is 12.7. The van der Waals surface area contributed by atoms with E-state index in [2.05, 4.69) is 288 Å². The molecule has 0 saturated carbocycles. The lowest BCUT2D eigenvalue weighted by atomic mass is 9.85. The lowest BCUT2D eigenvalue weighted by Gasteiger charge is -2.21. The second-order valence-electron chi connectivity index (χ2n) is 27.9. The van der Waals surface area contributed by atoms with Crippen LogP contribution in [0.4, 0.5) is 0 Å². The molecule has 0 bridgehead atoms. The molecule has 10 aromatic carbocycles. The Morgan fingerprint density at radius 2 is 0.667 bits per heavy atom. The van der Waals surface area contributed by atoms with Crippen molar-refractivity contribution in [3.63, 3.8) is 0 Å². The van der Waals surface area contributed by atoms with Crippen molar-refractivity contribution in [2.45, 2.75) is 144 Å². The monoisotopic (exact) mass is 1100 g/mol. The first-order valence-corrected chi connectivity index (χ1v) is 30.9. The Bertz CT molecular complexity index is 4420. The second-order valence-corrected chi connectivity index (χ2v) is 27.9. The van der Waals surface area contributed by atoms with E-state index in [1.165, 1.54) is 77.0 Å². The first-order valence-electron chi connectivity index (χ1n) is 30.9. The quantitative estimate of drug-likeness (QED) is 0.108. The Kier molecular flexibility index (Phi) is 14.5. The third-order valence-corrected chi connectivity index (χ3v) is 17.6. The highest BCUT2D eigenvalue weighted by Crippen LogP contribution is 2.48. The molecular formula is C80H84N2O2. The van der Waals surface area contributed by atoms with Crippen molar-refractivity contribution in [3.05, 3.63) is 204 Å². The van der Waals surface area contributed by atoms with E-state index in [1.807, 2.05) is 0 Å². The van der Waals surface area contributed by atoms with Gasteiger partial charge in [0.25, 0.3) is 0 Å². The van der Waals surface area contributed by atoms with E-state index < -0.39 is 0 Å². The summed E-state index contributed by atoms with van der Waals surface area (Å²) >= 11 is 0. The van der Waals surface area contributed by atoms with Crippen molar-refractivity contribution in [2.24, 2.45) is 0 Å². The molecule has 0 radical (unpaired) electrons. The summed E-state index contributed by atoms with van der Waals surface area (Å²) in [5.74, 6) is 1.75. The van der Waals surface area contributed by atoms with Crippen LogP contribution in [0.1, 0.15) is 145 Å². The minimum Gasteiger partial charge on any atom is -0.493 e. The highest BCUT2D eigenvalue weighted by molar-refractivity contribution is 6.13. The molecule has 12 rings (SSSR count). The van der Waals surface area contributed by atoms with Gasteiger partial charge in [-0.05, 0) is 192 Å². The summed E-state index contributed by atoms with van der Waals surface area (Å²) < 4.78 is 18.7. The molecule has 4 heteroatoms. The van der Waals surface area contributed by atoms with Gasteiger partial charge in [0.15, 0.2) is 0 Å². The largest absolute Gasteiger partial charge is 0.493 e. The minimum absolute atomic E-state index is 0.00788. The van der Waals surface area contributed by atoms with Crippen LogP contribution >= 0.6 is 0 Å². The number of fused-ring (bicyclic) bond motifs is 8. The molecule has 0 aliphatic carbocycles. The zero-order valence-corrected chi connectivity index (χ0v) is 52.3. The maximum Gasteiger partial charge on any atom is 0.127 e. The zero-order chi connectivity index (χ0) is 59.0. The minimum atomic E-state index is 0.00788. The molecule has 0 aliphatic rings. The number of unbranched alkanes of at least 4 members (excludes halogenated alkanes) is 2. The average molecular weight is 1110 g/mol. The highest BCUT2D eigenvalue weighted by atomic mass is 16.5. The lowest BCUT2D eigenvalue weighted by molar-refractivity contribution is 0.306. The van der Waals surface area contributed by atoms with Crippen LogP contribution in [0.5, 0.6) is 11.5 Å². The standard InChI is InChI=1S/C80H84N2O2/c1-15-17-41-83-73-39-27-55-43-53(51-21-19-23-61(45-51)81-70-37-31-58(78(6,7)8)48-67(70)68-49-59(79(9,10)11)32-38-71(68)81)25-33-63(55)75(73)76-64-34-26-54(44-56(64)28-40-74(76)84-42-18-16-2)52-22-20-24-62(46-52)82-69-36-30-57(77(3,4)5)47-66(69)65-35-29-60(50-72(65)82)80(12,13)14/h19-40,43-50H,15-18,41-42H2,1-14H3. The number of aromatic nitrogens is 2. The molecule has 0 saturated heterocycles. The molecule has 426 valence electrons. The molecule has 4 nitrogen and oxygen atoms in total. The van der Waals surface area contributed by atoms with Gasteiger partial charge in [-0.15, -0.1) is 0 Å². The third-order valence-electron chi connectivity index (χ3n) is 17.6. The van der Waals surface area contributed by atoms with Gasteiger partial charge in [0.1, 0.15) is 11.5 Å². The highest BCUT2D eigenvalue weighted by Gasteiger charge is 2.25. The number of nitrogens with zero attached hydrogens (tertiary/aromatic N) is 2. The van der Waals surface area contributed by atoms with E-state index in [1.54, 1.807) is 0 Å². The molecule has 0 amide bonds. The van der Waals surface area contributed by atoms with E-state index in [-0.39, 0.29) is 21.7 Å². The van der Waals surface area contributed by atoms with Crippen LogP contribution in [0.25, 0.3) is 110 Å². The van der Waals surface area contributed by atoms with Gasteiger partial charge in [0.2, 0.25) is 0 Å². The Morgan fingerprint density at radius 3 is 1.07 bits per heavy atom. The molecule has 0 atom stereocenters. The van der Waals surface area contributed by atoms with Crippen molar-refractivity contribution >= 4 is 65.2 Å².